The minimum atomic E-state index is -0.186. The number of thiazole rings is 1. The molecule has 0 saturated heterocycles. The highest BCUT2D eigenvalue weighted by Gasteiger charge is 2.08. The summed E-state index contributed by atoms with van der Waals surface area (Å²) in [6, 6.07) is 0. The Labute approximate surface area is 93.9 Å². The molecule has 0 amide bonds. The summed E-state index contributed by atoms with van der Waals surface area (Å²) < 4.78 is 4.58. The van der Waals surface area contributed by atoms with Crippen molar-refractivity contribution >= 4 is 22.4 Å². The second-order valence-corrected chi connectivity index (χ2v) is 4.06. The zero-order valence-corrected chi connectivity index (χ0v) is 10.1. The van der Waals surface area contributed by atoms with Crippen molar-refractivity contribution < 1.29 is 9.53 Å². The summed E-state index contributed by atoms with van der Waals surface area (Å²) in [6.07, 6.45) is 1.34. The molecule has 84 valence electrons. The summed E-state index contributed by atoms with van der Waals surface area (Å²) in [6.45, 7) is 2.72. The Balaban J connectivity index is 2.46. The minimum Gasteiger partial charge on any atom is -0.469 e. The second-order valence-electron chi connectivity index (χ2n) is 3.22. The van der Waals surface area contributed by atoms with Gasteiger partial charge in [-0.3, -0.25) is 4.79 Å². The van der Waals surface area contributed by atoms with Gasteiger partial charge in [-0.15, -0.1) is 11.3 Å². The minimum absolute atomic E-state index is 0.186. The van der Waals surface area contributed by atoms with Crippen molar-refractivity contribution in [2.45, 2.75) is 19.8 Å². The van der Waals surface area contributed by atoms with E-state index in [1.54, 1.807) is 11.3 Å². The molecule has 4 nitrogen and oxygen atoms in total. The summed E-state index contributed by atoms with van der Waals surface area (Å²) in [5.41, 5.74) is 1.10. The maximum Gasteiger partial charge on any atom is 0.307 e. The van der Waals surface area contributed by atoms with Crippen molar-refractivity contribution in [3.05, 3.63) is 11.1 Å². The molecule has 0 aromatic carbocycles. The highest BCUT2D eigenvalue weighted by Crippen LogP contribution is 2.19. The number of hydrogen-bond acceptors (Lipinski definition) is 5. The summed E-state index contributed by atoms with van der Waals surface area (Å²) in [5.74, 6) is -0.186. The van der Waals surface area contributed by atoms with Gasteiger partial charge in [0.1, 0.15) is 0 Å². The van der Waals surface area contributed by atoms with E-state index in [4.69, 9.17) is 0 Å². The third-order valence-electron chi connectivity index (χ3n) is 2.11. The van der Waals surface area contributed by atoms with E-state index in [9.17, 15) is 4.79 Å². The van der Waals surface area contributed by atoms with E-state index < -0.39 is 0 Å². The molecule has 0 unspecified atom stereocenters. The van der Waals surface area contributed by atoms with Gasteiger partial charge in [-0.1, -0.05) is 6.92 Å². The smallest absolute Gasteiger partial charge is 0.307 e. The van der Waals surface area contributed by atoms with Gasteiger partial charge in [-0.25, -0.2) is 4.98 Å². The monoisotopic (exact) mass is 228 g/mol. The fourth-order valence-electron chi connectivity index (χ4n) is 1.09. The lowest BCUT2D eigenvalue weighted by molar-refractivity contribution is -0.140. The standard InChI is InChI=1S/C10H16N2O2S/c1-4-8-7-15-10(11-8)12(2)6-5-9(13)14-3/h7H,4-6H2,1-3H3. The lowest BCUT2D eigenvalue weighted by Gasteiger charge is -2.14. The van der Waals surface area contributed by atoms with Gasteiger partial charge < -0.3 is 9.64 Å². The number of ether oxygens (including phenoxy) is 1. The van der Waals surface area contributed by atoms with Crippen molar-refractivity contribution in [1.82, 2.24) is 4.98 Å². The van der Waals surface area contributed by atoms with Crippen molar-refractivity contribution in [3.63, 3.8) is 0 Å². The van der Waals surface area contributed by atoms with Crippen molar-refractivity contribution in [3.8, 4) is 0 Å². The van der Waals surface area contributed by atoms with Gasteiger partial charge in [0.15, 0.2) is 5.13 Å². The fraction of sp³-hybridized carbons (Fsp3) is 0.600. The zero-order chi connectivity index (χ0) is 11.3. The van der Waals surface area contributed by atoms with Crippen molar-refractivity contribution in [2.75, 3.05) is 25.6 Å². The Morgan fingerprint density at radius 3 is 2.93 bits per heavy atom. The Kier molecular flexibility index (Phi) is 4.55. The number of nitrogens with zero attached hydrogens (tertiary/aromatic N) is 2. The molecule has 15 heavy (non-hydrogen) atoms. The van der Waals surface area contributed by atoms with Gasteiger partial charge in [-0.2, -0.15) is 0 Å². The highest BCUT2D eigenvalue weighted by atomic mass is 32.1. The van der Waals surface area contributed by atoms with Crippen LogP contribution in [0.4, 0.5) is 5.13 Å². The summed E-state index contributed by atoms with van der Waals surface area (Å²) in [4.78, 5) is 17.3. The largest absolute Gasteiger partial charge is 0.469 e. The number of carbonyl (C=O) groups is 1. The molecule has 0 radical (unpaired) electrons. The third kappa shape index (κ3) is 3.51. The molecule has 0 bridgehead atoms. The first-order chi connectivity index (χ1) is 7.17. The van der Waals surface area contributed by atoms with Crippen LogP contribution >= 0.6 is 11.3 Å². The fourth-order valence-corrected chi connectivity index (χ4v) is 1.99. The van der Waals surface area contributed by atoms with Gasteiger partial charge in [-0.05, 0) is 6.42 Å². The molecule has 5 heteroatoms. The first-order valence-electron chi connectivity index (χ1n) is 4.89. The maximum absolute atomic E-state index is 10.9. The molecule has 0 aliphatic heterocycles. The number of aromatic nitrogens is 1. The molecule has 0 fully saturated rings. The summed E-state index contributed by atoms with van der Waals surface area (Å²) in [7, 11) is 3.34. The van der Waals surface area contributed by atoms with Crippen LogP contribution in [-0.2, 0) is 16.0 Å². The predicted octanol–water partition coefficient (Wildman–Crippen LogP) is 1.70. The van der Waals surface area contributed by atoms with Crippen LogP contribution in [-0.4, -0.2) is 31.7 Å². The molecule has 1 rings (SSSR count). The van der Waals surface area contributed by atoms with Crippen molar-refractivity contribution in [1.29, 1.82) is 0 Å². The van der Waals surface area contributed by atoms with Crippen LogP contribution < -0.4 is 4.90 Å². The number of carbonyl (C=O) groups excluding carboxylic acids is 1. The van der Waals surface area contributed by atoms with Gasteiger partial charge in [0.2, 0.25) is 0 Å². The molecular weight excluding hydrogens is 212 g/mol. The van der Waals surface area contributed by atoms with Crippen LogP contribution in [0.2, 0.25) is 0 Å². The Morgan fingerprint density at radius 2 is 2.40 bits per heavy atom. The molecule has 0 aliphatic carbocycles. The lowest BCUT2D eigenvalue weighted by atomic mass is 10.4. The number of hydrogen-bond donors (Lipinski definition) is 0. The molecule has 0 N–H and O–H groups in total. The Bertz CT molecular complexity index is 325. The van der Waals surface area contributed by atoms with Gasteiger partial charge in [0.25, 0.3) is 0 Å². The lowest BCUT2D eigenvalue weighted by Crippen LogP contribution is -2.21. The Morgan fingerprint density at radius 1 is 1.67 bits per heavy atom. The van der Waals surface area contributed by atoms with Gasteiger partial charge >= 0.3 is 5.97 Å². The van der Waals surface area contributed by atoms with Gasteiger partial charge in [0, 0.05) is 19.0 Å². The van der Waals surface area contributed by atoms with Gasteiger partial charge in [0.05, 0.1) is 19.2 Å². The van der Waals surface area contributed by atoms with Crippen LogP contribution in [0.25, 0.3) is 0 Å². The number of methoxy groups -OCH3 is 1. The molecule has 0 atom stereocenters. The van der Waals surface area contributed by atoms with Crippen LogP contribution in [0, 0.1) is 0 Å². The number of aryl methyl sites for hydroxylation is 1. The van der Waals surface area contributed by atoms with Crippen LogP contribution in [0.5, 0.6) is 0 Å². The maximum atomic E-state index is 10.9. The third-order valence-corrected chi connectivity index (χ3v) is 3.11. The van der Waals surface area contributed by atoms with Crippen molar-refractivity contribution in [2.24, 2.45) is 0 Å². The Hall–Kier alpha value is -1.10. The summed E-state index contributed by atoms with van der Waals surface area (Å²) in [5, 5.41) is 3.00. The van der Waals surface area contributed by atoms with E-state index in [1.807, 2.05) is 17.3 Å². The average Bonchev–Trinajstić information content (AvgIpc) is 2.73. The molecule has 1 aromatic heterocycles. The quantitative estimate of drug-likeness (QED) is 0.719. The first kappa shape index (κ1) is 12.0. The number of anilines is 1. The highest BCUT2D eigenvalue weighted by molar-refractivity contribution is 7.13. The zero-order valence-electron chi connectivity index (χ0n) is 9.32. The molecule has 1 heterocycles. The molecular formula is C10H16N2O2S. The van der Waals surface area contributed by atoms with E-state index >= 15 is 0 Å². The second kappa shape index (κ2) is 5.70. The van der Waals surface area contributed by atoms with Crippen LogP contribution in [0.3, 0.4) is 0 Å². The summed E-state index contributed by atoms with van der Waals surface area (Å²) >= 11 is 1.60. The molecule has 0 spiro atoms. The number of esters is 1. The van der Waals surface area contributed by atoms with E-state index in [0.29, 0.717) is 13.0 Å². The van der Waals surface area contributed by atoms with E-state index in [2.05, 4.69) is 16.6 Å². The first-order valence-corrected chi connectivity index (χ1v) is 5.77. The SMILES string of the molecule is CCc1csc(N(C)CCC(=O)OC)n1. The van der Waals surface area contributed by atoms with Crippen LogP contribution in [0.15, 0.2) is 5.38 Å². The van der Waals surface area contributed by atoms with Crippen LogP contribution in [0.1, 0.15) is 19.0 Å². The van der Waals surface area contributed by atoms with E-state index in [0.717, 1.165) is 17.2 Å². The van der Waals surface area contributed by atoms with E-state index in [1.165, 1.54) is 7.11 Å². The number of rotatable bonds is 5. The normalized spacial score (nSPS) is 10.1. The average molecular weight is 228 g/mol. The molecule has 0 saturated carbocycles. The predicted molar refractivity (Wildman–Crippen MR) is 61.4 cm³/mol. The topological polar surface area (TPSA) is 42.4 Å². The van der Waals surface area contributed by atoms with E-state index in [-0.39, 0.29) is 5.97 Å². The molecule has 0 aliphatic rings. The molecule has 1 aromatic rings.